The van der Waals surface area contributed by atoms with Gasteiger partial charge < -0.3 is 20.1 Å². The van der Waals surface area contributed by atoms with Crippen LogP contribution in [0.25, 0.3) is 0 Å². The molecule has 1 amide bonds. The van der Waals surface area contributed by atoms with Gasteiger partial charge in [0.25, 0.3) is 5.91 Å². The van der Waals surface area contributed by atoms with Crippen LogP contribution in [0.3, 0.4) is 0 Å². The molecule has 0 unspecified atom stereocenters. The highest BCUT2D eigenvalue weighted by Gasteiger charge is 2.06. The van der Waals surface area contributed by atoms with Gasteiger partial charge >= 0.3 is 0 Å². The molecule has 6 heteroatoms. The van der Waals surface area contributed by atoms with Gasteiger partial charge in [-0.1, -0.05) is 6.07 Å². The van der Waals surface area contributed by atoms with E-state index in [0.29, 0.717) is 18.8 Å². The minimum Gasteiger partial charge on any atom is -0.497 e. The van der Waals surface area contributed by atoms with Gasteiger partial charge in [-0.3, -0.25) is 4.79 Å². The first-order valence-electron chi connectivity index (χ1n) is 7.37. The lowest BCUT2D eigenvalue weighted by Gasteiger charge is -2.09. The van der Waals surface area contributed by atoms with Crippen LogP contribution in [0.5, 0.6) is 5.75 Å². The van der Waals surface area contributed by atoms with E-state index in [1.54, 1.807) is 26.5 Å². The van der Waals surface area contributed by atoms with Crippen molar-refractivity contribution in [2.75, 3.05) is 32.7 Å². The maximum atomic E-state index is 11.9. The molecule has 1 heterocycles. The number of hydrogen-bond acceptors (Lipinski definition) is 5. The molecule has 0 spiro atoms. The highest BCUT2D eigenvalue weighted by atomic mass is 16.5. The lowest BCUT2D eigenvalue weighted by molar-refractivity contribution is 0.0943. The van der Waals surface area contributed by atoms with E-state index in [-0.39, 0.29) is 5.91 Å². The van der Waals surface area contributed by atoms with Crippen LogP contribution in [0, 0.1) is 0 Å². The highest BCUT2D eigenvalue weighted by Crippen LogP contribution is 2.20. The molecule has 0 fully saturated rings. The van der Waals surface area contributed by atoms with Gasteiger partial charge in [-0.2, -0.15) is 0 Å². The molecule has 2 aromatic rings. The number of aromatic nitrogens is 1. The Bertz CT molecular complexity index is 629. The van der Waals surface area contributed by atoms with Crippen molar-refractivity contribution in [2.24, 2.45) is 0 Å². The van der Waals surface area contributed by atoms with Crippen molar-refractivity contribution < 1.29 is 14.3 Å². The predicted octanol–water partition coefficient (Wildman–Crippen LogP) is 2.60. The van der Waals surface area contributed by atoms with E-state index >= 15 is 0 Å². The summed E-state index contributed by atoms with van der Waals surface area (Å²) in [6, 6.07) is 11.1. The fourth-order valence-electron chi connectivity index (χ4n) is 1.98. The Balaban J connectivity index is 1.92. The van der Waals surface area contributed by atoms with Crippen LogP contribution < -0.4 is 15.4 Å². The number of amides is 1. The summed E-state index contributed by atoms with van der Waals surface area (Å²) in [5.41, 5.74) is 2.08. The molecule has 122 valence electrons. The van der Waals surface area contributed by atoms with E-state index in [2.05, 4.69) is 15.6 Å². The van der Waals surface area contributed by atoms with Crippen molar-refractivity contribution in [3.63, 3.8) is 0 Å². The van der Waals surface area contributed by atoms with E-state index in [4.69, 9.17) is 9.47 Å². The summed E-state index contributed by atoms with van der Waals surface area (Å²) in [6.45, 7) is 1.19. The third-order valence-electron chi connectivity index (χ3n) is 3.17. The van der Waals surface area contributed by atoms with Crippen molar-refractivity contribution in [3.8, 4) is 5.75 Å². The number of pyridine rings is 1. The maximum absolute atomic E-state index is 11.9. The van der Waals surface area contributed by atoms with Gasteiger partial charge in [0.05, 0.1) is 19.0 Å². The lowest BCUT2D eigenvalue weighted by atomic mass is 10.2. The number of rotatable bonds is 8. The minimum absolute atomic E-state index is 0.186. The molecule has 23 heavy (non-hydrogen) atoms. The van der Waals surface area contributed by atoms with Crippen molar-refractivity contribution in [1.29, 1.82) is 0 Å². The Labute approximate surface area is 135 Å². The molecular formula is C17H21N3O3. The van der Waals surface area contributed by atoms with Crippen molar-refractivity contribution in [2.45, 2.75) is 6.42 Å². The second-order valence-corrected chi connectivity index (χ2v) is 4.89. The molecule has 0 radical (unpaired) electrons. The number of benzene rings is 1. The summed E-state index contributed by atoms with van der Waals surface area (Å²) in [5, 5.41) is 6.01. The molecule has 0 atom stereocenters. The number of ether oxygens (including phenoxy) is 2. The Kier molecular flexibility index (Phi) is 6.38. The molecule has 0 bridgehead atoms. The molecular weight excluding hydrogens is 294 g/mol. The summed E-state index contributed by atoms with van der Waals surface area (Å²) < 4.78 is 10.1. The Morgan fingerprint density at radius 2 is 2.04 bits per heavy atom. The van der Waals surface area contributed by atoms with E-state index < -0.39 is 0 Å². The van der Waals surface area contributed by atoms with E-state index in [9.17, 15) is 4.79 Å². The topological polar surface area (TPSA) is 72.5 Å². The van der Waals surface area contributed by atoms with Crippen LogP contribution in [-0.2, 0) is 4.74 Å². The number of hydrogen-bond donors (Lipinski definition) is 2. The summed E-state index contributed by atoms with van der Waals surface area (Å²) in [4.78, 5) is 16.1. The molecule has 2 N–H and O–H groups in total. The van der Waals surface area contributed by atoms with Crippen LogP contribution in [0.1, 0.15) is 16.9 Å². The first kappa shape index (κ1) is 16.8. The number of carbonyl (C=O) groups excluding carboxylic acids is 1. The zero-order valence-electron chi connectivity index (χ0n) is 13.3. The zero-order valence-corrected chi connectivity index (χ0v) is 13.3. The minimum atomic E-state index is -0.186. The van der Waals surface area contributed by atoms with Crippen LogP contribution in [0.2, 0.25) is 0 Å². The first-order valence-corrected chi connectivity index (χ1v) is 7.37. The third kappa shape index (κ3) is 5.27. The fraction of sp³-hybridized carbons (Fsp3) is 0.294. The SMILES string of the molecule is COCCCNC(=O)c1ccc(Nc2cccc(OC)c2)cn1. The summed E-state index contributed by atoms with van der Waals surface area (Å²) in [6.07, 6.45) is 2.40. The Hall–Kier alpha value is -2.60. The van der Waals surface area contributed by atoms with Gasteiger partial charge in [-0.15, -0.1) is 0 Å². The Morgan fingerprint density at radius 3 is 2.74 bits per heavy atom. The van der Waals surface area contributed by atoms with Crippen LogP contribution in [-0.4, -0.2) is 38.3 Å². The number of nitrogens with one attached hydrogen (secondary N) is 2. The smallest absolute Gasteiger partial charge is 0.269 e. The second-order valence-electron chi connectivity index (χ2n) is 4.89. The van der Waals surface area contributed by atoms with E-state index in [1.807, 2.05) is 30.3 Å². The number of nitrogens with zero attached hydrogens (tertiary/aromatic N) is 1. The molecule has 0 aliphatic rings. The van der Waals surface area contributed by atoms with Crippen LogP contribution in [0.4, 0.5) is 11.4 Å². The molecule has 2 rings (SSSR count). The average Bonchev–Trinajstić information content (AvgIpc) is 2.59. The first-order chi connectivity index (χ1) is 11.2. The normalized spacial score (nSPS) is 10.2. The summed E-state index contributed by atoms with van der Waals surface area (Å²) >= 11 is 0. The lowest BCUT2D eigenvalue weighted by Crippen LogP contribution is -2.26. The molecule has 6 nitrogen and oxygen atoms in total. The highest BCUT2D eigenvalue weighted by molar-refractivity contribution is 5.92. The number of anilines is 2. The summed E-state index contributed by atoms with van der Waals surface area (Å²) in [5.74, 6) is 0.587. The Morgan fingerprint density at radius 1 is 1.17 bits per heavy atom. The van der Waals surface area contributed by atoms with Crippen molar-refractivity contribution in [3.05, 3.63) is 48.3 Å². The molecule has 0 saturated carbocycles. The fourth-order valence-corrected chi connectivity index (χ4v) is 1.98. The molecule has 0 saturated heterocycles. The number of methoxy groups -OCH3 is 2. The monoisotopic (exact) mass is 315 g/mol. The van der Waals surface area contributed by atoms with Gasteiger partial charge in [0.2, 0.25) is 0 Å². The molecule has 0 aliphatic heterocycles. The third-order valence-corrected chi connectivity index (χ3v) is 3.17. The molecule has 1 aromatic heterocycles. The quantitative estimate of drug-likeness (QED) is 0.733. The van der Waals surface area contributed by atoms with Gasteiger partial charge in [0, 0.05) is 32.0 Å². The summed E-state index contributed by atoms with van der Waals surface area (Å²) in [7, 11) is 3.26. The molecule has 1 aromatic carbocycles. The molecule has 0 aliphatic carbocycles. The van der Waals surface area contributed by atoms with E-state index in [1.165, 1.54) is 0 Å². The van der Waals surface area contributed by atoms with Gasteiger partial charge in [-0.25, -0.2) is 4.98 Å². The van der Waals surface area contributed by atoms with Crippen molar-refractivity contribution in [1.82, 2.24) is 10.3 Å². The van der Waals surface area contributed by atoms with Gasteiger partial charge in [0.1, 0.15) is 11.4 Å². The van der Waals surface area contributed by atoms with Crippen LogP contribution >= 0.6 is 0 Å². The standard InChI is InChI=1S/C17H21N3O3/c1-22-10-4-9-18-17(21)16-8-7-14(12-19-16)20-13-5-3-6-15(11-13)23-2/h3,5-8,11-12,20H,4,9-10H2,1-2H3,(H,18,21). The zero-order chi connectivity index (χ0) is 16.5. The van der Waals surface area contributed by atoms with Crippen LogP contribution in [0.15, 0.2) is 42.6 Å². The maximum Gasteiger partial charge on any atom is 0.269 e. The number of carbonyl (C=O) groups is 1. The van der Waals surface area contributed by atoms with E-state index in [0.717, 1.165) is 23.5 Å². The van der Waals surface area contributed by atoms with Crippen molar-refractivity contribution >= 4 is 17.3 Å². The second kappa shape index (κ2) is 8.75. The van der Waals surface area contributed by atoms with Gasteiger partial charge in [0.15, 0.2) is 0 Å². The predicted molar refractivity (Wildman–Crippen MR) is 89.3 cm³/mol. The largest absolute Gasteiger partial charge is 0.497 e. The van der Waals surface area contributed by atoms with Gasteiger partial charge in [-0.05, 0) is 30.7 Å². The average molecular weight is 315 g/mol.